The number of rotatable bonds is 10. The maximum Gasteiger partial charge on any atom is 0.343 e. The second kappa shape index (κ2) is 11.7. The van der Waals surface area contributed by atoms with Gasteiger partial charge in [0.25, 0.3) is 0 Å². The van der Waals surface area contributed by atoms with Crippen molar-refractivity contribution in [3.8, 4) is 0 Å². The molecule has 0 bridgehead atoms. The third-order valence-electron chi connectivity index (χ3n) is 1.35. The van der Waals surface area contributed by atoms with Crippen LogP contribution in [0.25, 0.3) is 10.4 Å². The Hall–Kier alpha value is -1.34. The smallest absolute Gasteiger partial charge is 0.343 e. The molecule has 0 fully saturated rings. The fourth-order valence-electron chi connectivity index (χ4n) is 0.728. The summed E-state index contributed by atoms with van der Waals surface area (Å²) in [7, 11) is 0. The van der Waals surface area contributed by atoms with E-state index < -0.39 is 5.97 Å². The van der Waals surface area contributed by atoms with Crippen molar-refractivity contribution in [2.45, 2.75) is 6.92 Å². The van der Waals surface area contributed by atoms with Crippen LogP contribution in [0.4, 0.5) is 0 Å². The first kappa shape index (κ1) is 14.7. The predicted octanol–water partition coefficient (Wildman–Crippen LogP) is 0.825. The lowest BCUT2D eigenvalue weighted by atomic mass is 10.7. The van der Waals surface area contributed by atoms with E-state index in [0.29, 0.717) is 26.4 Å². The summed E-state index contributed by atoms with van der Waals surface area (Å²) in [5, 5.41) is 2.62. The van der Waals surface area contributed by atoms with Gasteiger partial charge in [0.15, 0.2) is 0 Å². The van der Waals surface area contributed by atoms with Gasteiger partial charge in [0, 0.05) is 11.5 Å². The Morgan fingerprint density at radius 2 is 1.81 bits per heavy atom. The first-order valence-corrected chi connectivity index (χ1v) is 4.78. The van der Waals surface area contributed by atoms with E-state index in [9.17, 15) is 4.79 Å². The average Bonchev–Trinajstić information content (AvgIpc) is 2.30. The van der Waals surface area contributed by atoms with Crippen LogP contribution in [0.3, 0.4) is 0 Å². The molecule has 0 spiro atoms. The maximum absolute atomic E-state index is 10.7. The Morgan fingerprint density at radius 3 is 2.44 bits per heavy atom. The lowest BCUT2D eigenvalue weighted by Crippen LogP contribution is -2.14. The van der Waals surface area contributed by atoms with Crippen LogP contribution in [-0.2, 0) is 23.8 Å². The molecular weight excluding hydrogens is 218 g/mol. The van der Waals surface area contributed by atoms with E-state index in [4.69, 9.17) is 19.7 Å². The Kier molecular flexibility index (Phi) is 10.8. The van der Waals surface area contributed by atoms with Gasteiger partial charge in [-0.15, -0.1) is 0 Å². The minimum Gasteiger partial charge on any atom is -0.379 e. The molecular formula is C8H15N3O5. The van der Waals surface area contributed by atoms with Gasteiger partial charge >= 0.3 is 5.97 Å². The summed E-state index contributed by atoms with van der Waals surface area (Å²) in [5.41, 5.74) is 7.84. The first-order valence-electron chi connectivity index (χ1n) is 4.78. The molecule has 0 aromatic carbocycles. The molecule has 0 amide bonds. The van der Waals surface area contributed by atoms with E-state index >= 15 is 0 Å². The zero-order valence-corrected chi connectivity index (χ0v) is 9.13. The standard InChI is InChI=1S/C8H15N3O5/c1-2-13-3-4-14-5-6-15-7-8(12)16-11-10-9/h2-7H2,1H3. The van der Waals surface area contributed by atoms with Crippen molar-refractivity contribution in [3.63, 3.8) is 0 Å². The summed E-state index contributed by atoms with van der Waals surface area (Å²) in [6, 6.07) is 0. The summed E-state index contributed by atoms with van der Waals surface area (Å²) in [4.78, 5) is 17.0. The van der Waals surface area contributed by atoms with Crippen LogP contribution in [0.1, 0.15) is 6.92 Å². The Labute approximate surface area is 93.0 Å². The molecule has 0 radical (unpaired) electrons. The molecule has 0 saturated carbocycles. The molecule has 0 saturated heterocycles. The van der Waals surface area contributed by atoms with Crippen LogP contribution < -0.4 is 0 Å². The molecule has 0 aromatic rings. The zero-order valence-electron chi connectivity index (χ0n) is 9.13. The SMILES string of the molecule is CCOCCOCCOCC(=O)ON=[N+]=[N-]. The van der Waals surface area contributed by atoms with Gasteiger partial charge in [-0.2, -0.15) is 0 Å². The highest BCUT2D eigenvalue weighted by Gasteiger charge is 2.00. The van der Waals surface area contributed by atoms with Crippen molar-refractivity contribution in [2.24, 2.45) is 5.28 Å². The zero-order chi connectivity index (χ0) is 12.1. The van der Waals surface area contributed by atoms with E-state index in [0.717, 1.165) is 0 Å². The highest BCUT2D eigenvalue weighted by atomic mass is 16.7. The van der Waals surface area contributed by atoms with Crippen LogP contribution >= 0.6 is 0 Å². The minimum absolute atomic E-state index is 0.261. The lowest BCUT2D eigenvalue weighted by molar-refractivity contribution is -0.149. The second-order valence-electron chi connectivity index (χ2n) is 2.50. The fourth-order valence-corrected chi connectivity index (χ4v) is 0.728. The monoisotopic (exact) mass is 233 g/mol. The summed E-state index contributed by atoms with van der Waals surface area (Å²) in [6.45, 7) is 3.94. The molecule has 92 valence electrons. The maximum atomic E-state index is 10.7. The van der Waals surface area contributed by atoms with Gasteiger partial charge in [-0.1, -0.05) is 0 Å². The van der Waals surface area contributed by atoms with Crippen LogP contribution in [0.15, 0.2) is 5.28 Å². The number of hydrogen-bond donors (Lipinski definition) is 0. The minimum atomic E-state index is -0.743. The van der Waals surface area contributed by atoms with Crippen molar-refractivity contribution >= 4 is 5.97 Å². The molecule has 0 aliphatic rings. The van der Waals surface area contributed by atoms with Crippen molar-refractivity contribution < 1.29 is 23.8 Å². The topological polar surface area (TPSA) is 103 Å². The molecule has 16 heavy (non-hydrogen) atoms. The molecule has 0 aliphatic heterocycles. The van der Waals surface area contributed by atoms with Crippen LogP contribution in [-0.4, -0.2) is 45.6 Å². The fraction of sp³-hybridized carbons (Fsp3) is 0.875. The first-order chi connectivity index (χ1) is 7.81. The molecule has 0 rings (SSSR count). The van der Waals surface area contributed by atoms with Gasteiger partial charge < -0.3 is 19.0 Å². The second-order valence-corrected chi connectivity index (χ2v) is 2.50. The van der Waals surface area contributed by atoms with E-state index in [2.05, 4.69) is 15.0 Å². The quantitative estimate of drug-likeness (QED) is 0.183. The summed E-state index contributed by atoms with van der Waals surface area (Å²) < 4.78 is 15.0. The lowest BCUT2D eigenvalue weighted by Gasteiger charge is -2.04. The summed E-state index contributed by atoms with van der Waals surface area (Å²) in [6.07, 6.45) is 0. The largest absolute Gasteiger partial charge is 0.379 e. The average molecular weight is 233 g/mol. The predicted molar refractivity (Wildman–Crippen MR) is 53.4 cm³/mol. The van der Waals surface area contributed by atoms with Gasteiger partial charge in [0.05, 0.1) is 26.4 Å². The van der Waals surface area contributed by atoms with Crippen molar-refractivity contribution in [1.29, 1.82) is 0 Å². The third-order valence-corrected chi connectivity index (χ3v) is 1.35. The van der Waals surface area contributed by atoms with Crippen LogP contribution in [0.5, 0.6) is 0 Å². The highest BCUT2D eigenvalue weighted by molar-refractivity contribution is 5.70. The third kappa shape index (κ3) is 10.7. The van der Waals surface area contributed by atoms with Gasteiger partial charge in [-0.3, -0.25) is 0 Å². The number of ether oxygens (including phenoxy) is 3. The van der Waals surface area contributed by atoms with Gasteiger partial charge in [-0.05, 0) is 12.5 Å². The van der Waals surface area contributed by atoms with Gasteiger partial charge in [-0.25, -0.2) is 4.79 Å². The number of azide groups is 1. The molecule has 0 aromatic heterocycles. The summed E-state index contributed by atoms with van der Waals surface area (Å²) >= 11 is 0. The number of nitrogens with zero attached hydrogens (tertiary/aromatic N) is 3. The van der Waals surface area contributed by atoms with Crippen LogP contribution in [0, 0.1) is 0 Å². The van der Waals surface area contributed by atoms with E-state index in [1.54, 1.807) is 0 Å². The molecule has 8 heteroatoms. The molecule has 0 atom stereocenters. The number of carbonyl (C=O) groups is 1. The summed E-state index contributed by atoms with van der Waals surface area (Å²) in [5.74, 6) is -0.743. The molecule has 8 nitrogen and oxygen atoms in total. The van der Waals surface area contributed by atoms with Crippen molar-refractivity contribution in [1.82, 2.24) is 0 Å². The molecule has 0 unspecified atom stereocenters. The van der Waals surface area contributed by atoms with E-state index in [1.807, 2.05) is 6.92 Å². The molecule has 0 heterocycles. The van der Waals surface area contributed by atoms with Gasteiger partial charge in [0.1, 0.15) is 11.9 Å². The normalized spacial score (nSPS) is 9.56. The Morgan fingerprint density at radius 1 is 1.19 bits per heavy atom. The number of carbonyl (C=O) groups excluding carboxylic acids is 1. The van der Waals surface area contributed by atoms with E-state index in [-0.39, 0.29) is 13.2 Å². The van der Waals surface area contributed by atoms with Gasteiger partial charge in [0.2, 0.25) is 0 Å². The van der Waals surface area contributed by atoms with Crippen LogP contribution in [0.2, 0.25) is 0 Å². The van der Waals surface area contributed by atoms with Crippen molar-refractivity contribution in [2.75, 3.05) is 39.6 Å². The van der Waals surface area contributed by atoms with E-state index in [1.165, 1.54) is 0 Å². The Balaban J connectivity index is 3.14. The van der Waals surface area contributed by atoms with Crippen molar-refractivity contribution in [3.05, 3.63) is 10.4 Å². The molecule has 0 aliphatic carbocycles. The number of hydrogen-bond acceptors (Lipinski definition) is 6. The molecule has 0 N–H and O–H groups in total. The Bertz CT molecular complexity index is 230. The highest BCUT2D eigenvalue weighted by Crippen LogP contribution is 1.84.